The van der Waals surface area contributed by atoms with Crippen molar-refractivity contribution in [2.24, 2.45) is 5.73 Å². The van der Waals surface area contributed by atoms with Gasteiger partial charge in [0.2, 0.25) is 0 Å². The zero-order chi connectivity index (χ0) is 21.6. The Morgan fingerprint density at radius 2 is 1.86 bits per heavy atom. The molecule has 0 fully saturated rings. The molecule has 0 aliphatic carbocycles. The Kier molecular flexibility index (Phi) is 8.43. The lowest BCUT2D eigenvalue weighted by Crippen LogP contribution is -2.30. The Labute approximate surface area is 177 Å². The molecule has 2 aromatic rings. The van der Waals surface area contributed by atoms with Gasteiger partial charge in [-0.3, -0.25) is 4.79 Å². The van der Waals surface area contributed by atoms with Crippen molar-refractivity contribution in [3.63, 3.8) is 0 Å². The van der Waals surface area contributed by atoms with E-state index in [-0.39, 0.29) is 24.2 Å². The molecule has 0 aliphatic rings. The van der Waals surface area contributed by atoms with Crippen LogP contribution in [-0.2, 0) is 4.79 Å². The SMILES string of the molecule is Cc1ccc(-c2cccc(C(CCSCCC(N)C(=O)O)C(F)(F)F)c2)c(Cl)c1. The molecule has 3 nitrogen and oxygen atoms in total. The van der Waals surface area contributed by atoms with Crippen molar-refractivity contribution in [2.45, 2.75) is 37.9 Å². The summed E-state index contributed by atoms with van der Waals surface area (Å²) in [4.78, 5) is 10.7. The summed E-state index contributed by atoms with van der Waals surface area (Å²) in [5.41, 5.74) is 7.90. The first-order valence-corrected chi connectivity index (χ1v) is 10.6. The minimum Gasteiger partial charge on any atom is -0.480 e. The molecule has 3 N–H and O–H groups in total. The number of hydrogen-bond acceptors (Lipinski definition) is 3. The van der Waals surface area contributed by atoms with Crippen LogP contribution in [0.1, 0.15) is 29.9 Å². The molecule has 0 amide bonds. The number of thioether (sulfide) groups is 1. The van der Waals surface area contributed by atoms with Crippen LogP contribution in [0.5, 0.6) is 0 Å². The lowest BCUT2D eigenvalue weighted by molar-refractivity contribution is -0.150. The molecular formula is C21H23ClF3NO2S. The van der Waals surface area contributed by atoms with E-state index in [2.05, 4.69) is 0 Å². The van der Waals surface area contributed by atoms with Gasteiger partial charge in [-0.05, 0) is 54.0 Å². The van der Waals surface area contributed by atoms with E-state index >= 15 is 0 Å². The van der Waals surface area contributed by atoms with E-state index in [9.17, 15) is 18.0 Å². The van der Waals surface area contributed by atoms with Crippen molar-refractivity contribution in [3.8, 4) is 11.1 Å². The Morgan fingerprint density at radius 1 is 1.17 bits per heavy atom. The van der Waals surface area contributed by atoms with Crippen molar-refractivity contribution in [3.05, 3.63) is 58.6 Å². The third kappa shape index (κ3) is 6.94. The Hall–Kier alpha value is -1.70. The van der Waals surface area contributed by atoms with Gasteiger partial charge >= 0.3 is 12.1 Å². The molecule has 0 aromatic heterocycles. The number of aryl methyl sites for hydroxylation is 1. The normalized spacial score (nSPS) is 13.9. The summed E-state index contributed by atoms with van der Waals surface area (Å²) < 4.78 is 41.0. The highest BCUT2D eigenvalue weighted by Crippen LogP contribution is 2.40. The maximum atomic E-state index is 13.7. The van der Waals surface area contributed by atoms with Crippen LogP contribution in [0.2, 0.25) is 5.02 Å². The molecule has 0 aliphatic heterocycles. The smallest absolute Gasteiger partial charge is 0.395 e. The predicted molar refractivity (Wildman–Crippen MR) is 113 cm³/mol. The Bertz CT molecular complexity index is 845. The van der Waals surface area contributed by atoms with E-state index in [4.69, 9.17) is 22.4 Å². The molecule has 2 aromatic carbocycles. The number of alkyl halides is 3. The lowest BCUT2D eigenvalue weighted by Gasteiger charge is -2.21. The fraction of sp³-hybridized carbons (Fsp3) is 0.381. The zero-order valence-corrected chi connectivity index (χ0v) is 17.4. The van der Waals surface area contributed by atoms with Crippen molar-refractivity contribution < 1.29 is 23.1 Å². The number of aliphatic carboxylic acids is 1. The Balaban J connectivity index is 2.11. The molecule has 29 heavy (non-hydrogen) atoms. The van der Waals surface area contributed by atoms with Gasteiger partial charge in [0.15, 0.2) is 0 Å². The second kappa shape index (κ2) is 10.4. The van der Waals surface area contributed by atoms with Crippen LogP contribution in [0.25, 0.3) is 11.1 Å². The monoisotopic (exact) mass is 445 g/mol. The van der Waals surface area contributed by atoms with Gasteiger partial charge < -0.3 is 10.8 Å². The predicted octanol–water partition coefficient (Wildman–Crippen LogP) is 5.89. The lowest BCUT2D eigenvalue weighted by atomic mass is 9.92. The highest BCUT2D eigenvalue weighted by Gasteiger charge is 2.40. The van der Waals surface area contributed by atoms with Crippen molar-refractivity contribution >= 4 is 29.3 Å². The van der Waals surface area contributed by atoms with E-state index in [0.717, 1.165) is 5.56 Å². The minimum atomic E-state index is -4.38. The summed E-state index contributed by atoms with van der Waals surface area (Å²) in [6.07, 6.45) is -4.26. The first kappa shape index (κ1) is 23.6. The molecule has 158 valence electrons. The fourth-order valence-corrected chi connectivity index (χ4v) is 4.30. The highest BCUT2D eigenvalue weighted by molar-refractivity contribution is 7.99. The molecule has 2 rings (SSSR count). The van der Waals surface area contributed by atoms with Gasteiger partial charge in [0.1, 0.15) is 6.04 Å². The first-order valence-electron chi connectivity index (χ1n) is 9.09. The maximum Gasteiger partial charge on any atom is 0.395 e. The minimum absolute atomic E-state index is 0.0957. The number of nitrogens with two attached hydrogens (primary N) is 1. The van der Waals surface area contributed by atoms with Gasteiger partial charge in [0, 0.05) is 10.6 Å². The van der Waals surface area contributed by atoms with Crippen molar-refractivity contribution in [2.75, 3.05) is 11.5 Å². The van der Waals surface area contributed by atoms with Gasteiger partial charge in [-0.1, -0.05) is 48.0 Å². The van der Waals surface area contributed by atoms with Gasteiger partial charge in [-0.15, -0.1) is 0 Å². The number of hydrogen-bond donors (Lipinski definition) is 2. The van der Waals surface area contributed by atoms with Crippen LogP contribution >= 0.6 is 23.4 Å². The highest BCUT2D eigenvalue weighted by atomic mass is 35.5. The molecule has 0 saturated heterocycles. The number of rotatable bonds is 9. The average molecular weight is 446 g/mol. The number of carbonyl (C=O) groups is 1. The van der Waals surface area contributed by atoms with Gasteiger partial charge in [-0.25, -0.2) is 0 Å². The third-order valence-corrected chi connectivity index (χ3v) is 5.92. The fourth-order valence-electron chi connectivity index (χ4n) is 2.93. The standard InChI is InChI=1S/C21H23ClF3NO2S/c1-13-5-6-16(18(22)11-13)14-3-2-4-15(12-14)17(21(23,24)25)7-9-29-10-8-19(26)20(27)28/h2-6,11-12,17,19H,7-10,26H2,1H3,(H,27,28). The first-order chi connectivity index (χ1) is 13.6. The molecular weight excluding hydrogens is 423 g/mol. The molecule has 0 bridgehead atoms. The largest absolute Gasteiger partial charge is 0.480 e. The molecule has 0 heterocycles. The van der Waals surface area contributed by atoms with Crippen molar-refractivity contribution in [1.29, 1.82) is 0 Å². The van der Waals surface area contributed by atoms with E-state index in [1.54, 1.807) is 30.3 Å². The number of carboxylic acid groups (broad SMARTS) is 1. The molecule has 0 spiro atoms. The van der Waals surface area contributed by atoms with Crippen molar-refractivity contribution in [1.82, 2.24) is 0 Å². The van der Waals surface area contributed by atoms with Gasteiger partial charge in [0.25, 0.3) is 0 Å². The molecule has 2 atom stereocenters. The van der Waals surface area contributed by atoms with Crippen LogP contribution < -0.4 is 5.73 Å². The summed E-state index contributed by atoms with van der Waals surface area (Å²) in [6, 6.07) is 10.8. The molecule has 2 unspecified atom stereocenters. The topological polar surface area (TPSA) is 63.3 Å². The van der Waals surface area contributed by atoms with E-state index in [1.807, 2.05) is 13.0 Å². The number of halogens is 4. The second-order valence-electron chi connectivity index (χ2n) is 6.84. The number of carboxylic acids is 1. The number of benzene rings is 2. The Morgan fingerprint density at radius 3 is 2.48 bits per heavy atom. The van der Waals surface area contributed by atoms with Crippen LogP contribution in [0.4, 0.5) is 13.2 Å². The van der Waals surface area contributed by atoms with Crippen LogP contribution in [-0.4, -0.2) is 34.8 Å². The van der Waals surface area contributed by atoms with Crippen LogP contribution in [0, 0.1) is 6.92 Å². The zero-order valence-electron chi connectivity index (χ0n) is 15.9. The quantitative estimate of drug-likeness (QED) is 0.472. The summed E-state index contributed by atoms with van der Waals surface area (Å²) >= 11 is 7.55. The summed E-state index contributed by atoms with van der Waals surface area (Å²) in [5.74, 6) is -2.05. The van der Waals surface area contributed by atoms with Gasteiger partial charge in [-0.2, -0.15) is 24.9 Å². The van der Waals surface area contributed by atoms with E-state index in [1.165, 1.54) is 17.8 Å². The van der Waals surface area contributed by atoms with E-state index in [0.29, 0.717) is 21.9 Å². The molecule has 8 heteroatoms. The molecule has 0 saturated carbocycles. The second-order valence-corrected chi connectivity index (χ2v) is 8.47. The van der Waals surface area contributed by atoms with Crippen LogP contribution in [0.3, 0.4) is 0 Å². The maximum absolute atomic E-state index is 13.7. The van der Waals surface area contributed by atoms with E-state index < -0.39 is 24.1 Å². The van der Waals surface area contributed by atoms with Crippen LogP contribution in [0.15, 0.2) is 42.5 Å². The summed E-state index contributed by atoms with van der Waals surface area (Å²) in [7, 11) is 0. The average Bonchev–Trinajstić information content (AvgIpc) is 2.63. The third-order valence-electron chi connectivity index (χ3n) is 4.56. The van der Waals surface area contributed by atoms with Gasteiger partial charge in [0.05, 0.1) is 5.92 Å². The summed E-state index contributed by atoms with van der Waals surface area (Å²) in [5, 5.41) is 9.24. The summed E-state index contributed by atoms with van der Waals surface area (Å²) in [6.45, 7) is 1.90. The molecule has 0 radical (unpaired) electrons.